The summed E-state index contributed by atoms with van der Waals surface area (Å²) in [6.07, 6.45) is 1.40. The van der Waals surface area contributed by atoms with E-state index in [0.29, 0.717) is 11.3 Å². The van der Waals surface area contributed by atoms with Crippen molar-refractivity contribution in [3.8, 4) is 11.4 Å². The highest BCUT2D eigenvalue weighted by Gasteiger charge is 2.10. The minimum atomic E-state index is -0.957. The number of benzene rings is 1. The number of phenols is 1. The maximum Gasteiger partial charge on any atom is 0.308 e. The first kappa shape index (κ1) is 11.0. The van der Waals surface area contributed by atoms with Crippen LogP contribution in [-0.4, -0.2) is 26.0 Å². The molecule has 0 unspecified atom stereocenters. The van der Waals surface area contributed by atoms with Crippen LogP contribution in [0.2, 0.25) is 0 Å². The number of aromatic hydroxyl groups is 1. The van der Waals surface area contributed by atoms with E-state index in [2.05, 4.69) is 5.10 Å². The van der Waals surface area contributed by atoms with Crippen LogP contribution in [-0.2, 0) is 11.2 Å². The summed E-state index contributed by atoms with van der Waals surface area (Å²) in [5.41, 5.74) is 6.78. The zero-order chi connectivity index (χ0) is 12.4. The van der Waals surface area contributed by atoms with Gasteiger partial charge >= 0.3 is 5.97 Å². The molecule has 88 valence electrons. The number of rotatable bonds is 3. The standard InChI is InChI=1S/C11H11N3O3/c12-11-7(5-10(16)17)6-14(13-11)8-1-3-9(15)4-2-8/h1-4,6,15H,5H2,(H2,12,13)(H,16,17). The van der Waals surface area contributed by atoms with Gasteiger partial charge in [-0.15, -0.1) is 0 Å². The number of carbonyl (C=O) groups is 1. The zero-order valence-electron chi connectivity index (χ0n) is 8.87. The van der Waals surface area contributed by atoms with Gasteiger partial charge in [-0.25, -0.2) is 4.68 Å². The van der Waals surface area contributed by atoms with E-state index in [1.165, 1.54) is 16.8 Å². The average molecular weight is 233 g/mol. The van der Waals surface area contributed by atoms with Gasteiger partial charge in [-0.2, -0.15) is 5.10 Å². The second-order valence-electron chi connectivity index (χ2n) is 3.57. The van der Waals surface area contributed by atoms with Crippen LogP contribution < -0.4 is 5.73 Å². The van der Waals surface area contributed by atoms with E-state index in [9.17, 15) is 4.79 Å². The fraction of sp³-hybridized carbons (Fsp3) is 0.0909. The number of nitrogens with zero attached hydrogens (tertiary/aromatic N) is 2. The molecule has 1 aromatic heterocycles. The number of aliphatic carboxylic acids is 1. The highest BCUT2D eigenvalue weighted by Crippen LogP contribution is 2.17. The van der Waals surface area contributed by atoms with Gasteiger partial charge in [0, 0.05) is 11.8 Å². The van der Waals surface area contributed by atoms with Gasteiger partial charge in [0.1, 0.15) is 11.6 Å². The molecule has 6 nitrogen and oxygen atoms in total. The van der Waals surface area contributed by atoms with Crippen LogP contribution in [0.15, 0.2) is 30.5 Å². The number of nitrogens with two attached hydrogens (primary N) is 1. The molecule has 1 heterocycles. The van der Waals surface area contributed by atoms with Crippen LogP contribution in [0.1, 0.15) is 5.56 Å². The molecule has 0 spiro atoms. The molecule has 17 heavy (non-hydrogen) atoms. The van der Waals surface area contributed by atoms with E-state index >= 15 is 0 Å². The number of nitrogen functional groups attached to an aromatic ring is 1. The van der Waals surface area contributed by atoms with Crippen molar-refractivity contribution in [2.24, 2.45) is 0 Å². The van der Waals surface area contributed by atoms with Crippen molar-refractivity contribution in [2.75, 3.05) is 5.73 Å². The van der Waals surface area contributed by atoms with Crippen molar-refractivity contribution in [1.82, 2.24) is 9.78 Å². The Balaban J connectivity index is 2.34. The summed E-state index contributed by atoms with van der Waals surface area (Å²) in [4.78, 5) is 10.6. The van der Waals surface area contributed by atoms with Crippen LogP contribution in [0.25, 0.3) is 5.69 Å². The number of hydrogen-bond donors (Lipinski definition) is 3. The lowest BCUT2D eigenvalue weighted by Gasteiger charge is -2.00. The van der Waals surface area contributed by atoms with Crippen LogP contribution in [0.5, 0.6) is 5.75 Å². The molecule has 0 fully saturated rings. The second kappa shape index (κ2) is 4.17. The van der Waals surface area contributed by atoms with Gasteiger partial charge in [-0.3, -0.25) is 4.79 Å². The van der Waals surface area contributed by atoms with Gasteiger partial charge in [0.15, 0.2) is 0 Å². The average Bonchev–Trinajstić information content (AvgIpc) is 2.60. The monoisotopic (exact) mass is 233 g/mol. The van der Waals surface area contributed by atoms with Gasteiger partial charge < -0.3 is 15.9 Å². The Morgan fingerprint density at radius 3 is 2.59 bits per heavy atom. The Kier molecular flexibility index (Phi) is 2.70. The van der Waals surface area contributed by atoms with Crippen molar-refractivity contribution < 1.29 is 15.0 Å². The molecule has 0 saturated carbocycles. The van der Waals surface area contributed by atoms with E-state index in [-0.39, 0.29) is 18.0 Å². The molecule has 6 heteroatoms. The summed E-state index contributed by atoms with van der Waals surface area (Å²) in [6, 6.07) is 6.35. The molecule has 0 saturated heterocycles. The summed E-state index contributed by atoms with van der Waals surface area (Å²) in [5, 5.41) is 21.8. The number of carboxylic acids is 1. The SMILES string of the molecule is Nc1nn(-c2ccc(O)cc2)cc1CC(=O)O. The third-order valence-electron chi connectivity index (χ3n) is 2.28. The predicted molar refractivity (Wildman–Crippen MR) is 61.0 cm³/mol. The Morgan fingerprint density at radius 2 is 2.00 bits per heavy atom. The van der Waals surface area contributed by atoms with Crippen molar-refractivity contribution in [3.63, 3.8) is 0 Å². The first-order chi connectivity index (χ1) is 8.06. The molecular weight excluding hydrogens is 222 g/mol. The van der Waals surface area contributed by atoms with E-state index < -0.39 is 5.97 Å². The topological polar surface area (TPSA) is 101 Å². The molecule has 2 aromatic rings. The molecule has 0 atom stereocenters. The Morgan fingerprint density at radius 1 is 1.35 bits per heavy atom. The number of phenolic OH excluding ortho intramolecular Hbond substituents is 1. The molecule has 2 rings (SSSR count). The molecule has 4 N–H and O–H groups in total. The Labute approximate surface area is 96.9 Å². The smallest absolute Gasteiger partial charge is 0.308 e. The van der Waals surface area contributed by atoms with Crippen molar-refractivity contribution in [2.45, 2.75) is 6.42 Å². The molecule has 0 aliphatic carbocycles. The lowest BCUT2D eigenvalue weighted by Crippen LogP contribution is -2.01. The minimum absolute atomic E-state index is 0.152. The van der Waals surface area contributed by atoms with Crippen LogP contribution in [0.3, 0.4) is 0 Å². The highest BCUT2D eigenvalue weighted by atomic mass is 16.4. The Bertz CT molecular complexity index is 546. The molecule has 0 aliphatic rings. The number of carboxylic acid groups (broad SMARTS) is 1. The quantitative estimate of drug-likeness (QED) is 0.727. The first-order valence-electron chi connectivity index (χ1n) is 4.91. The summed E-state index contributed by atoms with van der Waals surface area (Å²) in [7, 11) is 0. The fourth-order valence-corrected chi connectivity index (χ4v) is 1.46. The largest absolute Gasteiger partial charge is 0.508 e. The van der Waals surface area contributed by atoms with Crippen LogP contribution >= 0.6 is 0 Å². The minimum Gasteiger partial charge on any atom is -0.508 e. The summed E-state index contributed by atoms with van der Waals surface area (Å²) in [6.45, 7) is 0. The molecular formula is C11H11N3O3. The van der Waals surface area contributed by atoms with Gasteiger partial charge in [0.2, 0.25) is 0 Å². The van der Waals surface area contributed by atoms with Gasteiger partial charge in [-0.1, -0.05) is 0 Å². The van der Waals surface area contributed by atoms with E-state index in [1.807, 2.05) is 0 Å². The summed E-state index contributed by atoms with van der Waals surface area (Å²) >= 11 is 0. The molecule has 0 bridgehead atoms. The maximum atomic E-state index is 10.6. The number of hydrogen-bond acceptors (Lipinski definition) is 4. The lowest BCUT2D eigenvalue weighted by molar-refractivity contribution is -0.136. The summed E-state index contributed by atoms with van der Waals surface area (Å²) in [5.74, 6) is -0.609. The van der Waals surface area contributed by atoms with Gasteiger partial charge in [0.05, 0.1) is 12.1 Å². The highest BCUT2D eigenvalue weighted by molar-refractivity contribution is 5.72. The molecule has 0 amide bonds. The molecule has 1 aromatic carbocycles. The Hall–Kier alpha value is -2.50. The van der Waals surface area contributed by atoms with Crippen molar-refractivity contribution in [1.29, 1.82) is 0 Å². The van der Waals surface area contributed by atoms with Crippen molar-refractivity contribution in [3.05, 3.63) is 36.0 Å². The van der Waals surface area contributed by atoms with E-state index in [1.54, 1.807) is 18.3 Å². The number of anilines is 1. The predicted octanol–water partition coefficient (Wildman–Crippen LogP) is 0.787. The normalized spacial score (nSPS) is 10.4. The maximum absolute atomic E-state index is 10.6. The van der Waals surface area contributed by atoms with Gasteiger partial charge in [-0.05, 0) is 24.3 Å². The third kappa shape index (κ3) is 2.36. The van der Waals surface area contributed by atoms with Crippen molar-refractivity contribution >= 4 is 11.8 Å². The van der Waals surface area contributed by atoms with Crippen LogP contribution in [0.4, 0.5) is 5.82 Å². The fourth-order valence-electron chi connectivity index (χ4n) is 1.46. The van der Waals surface area contributed by atoms with Gasteiger partial charge in [0.25, 0.3) is 0 Å². The first-order valence-corrected chi connectivity index (χ1v) is 4.91. The molecule has 0 radical (unpaired) electrons. The molecule has 0 aliphatic heterocycles. The van der Waals surface area contributed by atoms with E-state index in [4.69, 9.17) is 15.9 Å². The zero-order valence-corrected chi connectivity index (χ0v) is 8.87. The van der Waals surface area contributed by atoms with E-state index in [0.717, 1.165) is 0 Å². The number of aromatic nitrogens is 2. The van der Waals surface area contributed by atoms with Crippen LogP contribution in [0, 0.1) is 0 Å². The third-order valence-corrected chi connectivity index (χ3v) is 2.28. The summed E-state index contributed by atoms with van der Waals surface area (Å²) < 4.78 is 1.48. The second-order valence-corrected chi connectivity index (χ2v) is 3.57. The lowest BCUT2D eigenvalue weighted by atomic mass is 10.2.